The summed E-state index contributed by atoms with van der Waals surface area (Å²) in [5.74, 6) is -0.343. The summed E-state index contributed by atoms with van der Waals surface area (Å²) in [4.78, 5) is 23.1. The Kier molecular flexibility index (Phi) is 7.19. The Labute approximate surface area is 130 Å². The van der Waals surface area contributed by atoms with Gasteiger partial charge in [0.1, 0.15) is 6.04 Å². The van der Waals surface area contributed by atoms with Gasteiger partial charge in [-0.05, 0) is 32.9 Å². The number of nitrogens with two attached hydrogens (primary N) is 1. The highest BCUT2D eigenvalue weighted by atomic mass is 35.5. The zero-order valence-corrected chi connectivity index (χ0v) is 13.4. The monoisotopic (exact) mass is 312 g/mol. The van der Waals surface area contributed by atoms with Crippen LogP contribution in [0.4, 0.5) is 0 Å². The van der Waals surface area contributed by atoms with Crippen molar-refractivity contribution >= 4 is 23.4 Å². The quantitative estimate of drug-likeness (QED) is 0.690. The van der Waals surface area contributed by atoms with Crippen molar-refractivity contribution in [1.29, 1.82) is 0 Å². The standard InChI is InChI=1S/C15H22ClN3O2/c1-10(2)19-15(21)9-18-14(20)8-17-11(3)12-5-4-6-13(16)7-12/h4-7,10-11,17H,8-9H2,1-3H3,(H,18,20)(H,19,21)/p+1/t11-/m1/s1. The maximum absolute atomic E-state index is 11.7. The van der Waals surface area contributed by atoms with E-state index in [1.807, 2.05) is 50.4 Å². The summed E-state index contributed by atoms with van der Waals surface area (Å²) in [6, 6.07) is 7.76. The molecule has 2 amide bonds. The third-order valence-corrected chi connectivity index (χ3v) is 3.16. The van der Waals surface area contributed by atoms with E-state index in [1.165, 1.54) is 0 Å². The van der Waals surface area contributed by atoms with Crippen molar-refractivity contribution in [2.45, 2.75) is 32.9 Å². The van der Waals surface area contributed by atoms with Crippen LogP contribution < -0.4 is 16.0 Å². The molecule has 1 atom stereocenters. The molecule has 1 rings (SSSR count). The molecule has 0 aromatic heterocycles. The van der Waals surface area contributed by atoms with Gasteiger partial charge in [-0.2, -0.15) is 0 Å². The maximum Gasteiger partial charge on any atom is 0.275 e. The van der Waals surface area contributed by atoms with Crippen LogP contribution in [0.15, 0.2) is 24.3 Å². The van der Waals surface area contributed by atoms with Gasteiger partial charge in [0.2, 0.25) is 5.91 Å². The number of nitrogens with one attached hydrogen (secondary N) is 2. The molecule has 0 fully saturated rings. The summed E-state index contributed by atoms with van der Waals surface area (Å²) < 4.78 is 0. The summed E-state index contributed by atoms with van der Waals surface area (Å²) >= 11 is 5.94. The molecule has 0 spiro atoms. The lowest BCUT2D eigenvalue weighted by Gasteiger charge is -2.12. The third-order valence-electron chi connectivity index (χ3n) is 2.93. The van der Waals surface area contributed by atoms with Crippen molar-refractivity contribution in [3.05, 3.63) is 34.9 Å². The Balaban J connectivity index is 2.31. The molecule has 0 bridgehead atoms. The normalized spacial score (nSPS) is 12.0. The third kappa shape index (κ3) is 7.11. The topological polar surface area (TPSA) is 74.8 Å². The molecule has 21 heavy (non-hydrogen) atoms. The van der Waals surface area contributed by atoms with Gasteiger partial charge in [-0.15, -0.1) is 0 Å². The summed E-state index contributed by atoms with van der Waals surface area (Å²) in [7, 11) is 0. The van der Waals surface area contributed by atoms with Gasteiger partial charge >= 0.3 is 0 Å². The van der Waals surface area contributed by atoms with Crippen LogP contribution in [0.25, 0.3) is 0 Å². The van der Waals surface area contributed by atoms with Crippen molar-refractivity contribution < 1.29 is 14.9 Å². The van der Waals surface area contributed by atoms with Crippen molar-refractivity contribution in [1.82, 2.24) is 10.6 Å². The first kappa shape index (κ1) is 17.5. The van der Waals surface area contributed by atoms with Crippen LogP contribution in [0.1, 0.15) is 32.4 Å². The molecule has 6 heteroatoms. The summed E-state index contributed by atoms with van der Waals surface area (Å²) in [5, 5.41) is 7.90. The molecule has 0 saturated heterocycles. The molecule has 5 nitrogen and oxygen atoms in total. The Hall–Kier alpha value is -1.59. The predicted molar refractivity (Wildman–Crippen MR) is 82.9 cm³/mol. The zero-order chi connectivity index (χ0) is 15.8. The van der Waals surface area contributed by atoms with E-state index in [1.54, 1.807) is 0 Å². The first-order valence-electron chi connectivity index (χ1n) is 7.03. The second-order valence-electron chi connectivity index (χ2n) is 5.28. The molecule has 0 saturated carbocycles. The van der Waals surface area contributed by atoms with E-state index in [2.05, 4.69) is 10.6 Å². The Bertz CT molecular complexity index is 492. The molecule has 0 aliphatic rings. The molecular weight excluding hydrogens is 290 g/mol. The number of quaternary nitrogens is 1. The number of amides is 2. The number of halogens is 1. The fraction of sp³-hybridized carbons (Fsp3) is 0.467. The van der Waals surface area contributed by atoms with E-state index < -0.39 is 0 Å². The lowest BCUT2D eigenvalue weighted by Crippen LogP contribution is -2.87. The Morgan fingerprint density at radius 2 is 1.95 bits per heavy atom. The second-order valence-corrected chi connectivity index (χ2v) is 5.72. The molecule has 0 aliphatic heterocycles. The molecule has 4 N–H and O–H groups in total. The Morgan fingerprint density at radius 1 is 1.24 bits per heavy atom. The number of carbonyl (C=O) groups is 2. The molecule has 1 aromatic rings. The summed E-state index contributed by atoms with van der Waals surface area (Å²) in [6.07, 6.45) is 0. The average molecular weight is 313 g/mol. The van der Waals surface area contributed by atoms with Crippen LogP contribution in [0.3, 0.4) is 0 Å². The first-order chi connectivity index (χ1) is 9.88. The van der Waals surface area contributed by atoms with Crippen molar-refractivity contribution in [2.24, 2.45) is 0 Å². The number of hydrogen-bond donors (Lipinski definition) is 3. The van der Waals surface area contributed by atoms with Crippen molar-refractivity contribution in [2.75, 3.05) is 13.1 Å². The van der Waals surface area contributed by atoms with Gasteiger partial charge < -0.3 is 16.0 Å². The summed E-state index contributed by atoms with van der Waals surface area (Å²) in [5.41, 5.74) is 1.06. The molecule has 0 heterocycles. The van der Waals surface area contributed by atoms with Gasteiger partial charge in [0.15, 0.2) is 6.54 Å². The second kappa shape index (κ2) is 8.64. The highest BCUT2D eigenvalue weighted by Crippen LogP contribution is 2.14. The van der Waals surface area contributed by atoms with Gasteiger partial charge in [-0.25, -0.2) is 0 Å². The largest absolute Gasteiger partial charge is 0.352 e. The maximum atomic E-state index is 11.7. The highest BCUT2D eigenvalue weighted by Gasteiger charge is 2.12. The highest BCUT2D eigenvalue weighted by molar-refractivity contribution is 6.30. The van der Waals surface area contributed by atoms with Gasteiger partial charge in [-0.3, -0.25) is 9.59 Å². The van der Waals surface area contributed by atoms with Gasteiger partial charge in [0.25, 0.3) is 5.91 Å². The van der Waals surface area contributed by atoms with Crippen LogP contribution in [0, 0.1) is 0 Å². The minimum absolute atomic E-state index is 0.0103. The average Bonchev–Trinajstić information content (AvgIpc) is 2.41. The minimum Gasteiger partial charge on any atom is -0.352 e. The van der Waals surface area contributed by atoms with Crippen LogP contribution >= 0.6 is 11.6 Å². The fourth-order valence-corrected chi connectivity index (χ4v) is 2.03. The van der Waals surface area contributed by atoms with Crippen LogP contribution in [-0.2, 0) is 9.59 Å². The van der Waals surface area contributed by atoms with Crippen LogP contribution in [0.2, 0.25) is 5.02 Å². The number of hydrogen-bond acceptors (Lipinski definition) is 2. The number of rotatable bonds is 7. The van der Waals surface area contributed by atoms with Crippen LogP contribution in [-0.4, -0.2) is 30.9 Å². The number of benzene rings is 1. The predicted octanol–water partition coefficient (Wildman–Crippen LogP) is 0.605. The van der Waals surface area contributed by atoms with E-state index in [-0.39, 0.29) is 37.0 Å². The van der Waals surface area contributed by atoms with E-state index in [0.717, 1.165) is 5.56 Å². The van der Waals surface area contributed by atoms with Gasteiger partial charge in [0.05, 0.1) is 6.54 Å². The lowest BCUT2D eigenvalue weighted by atomic mass is 10.1. The molecule has 0 radical (unpaired) electrons. The van der Waals surface area contributed by atoms with Crippen LogP contribution in [0.5, 0.6) is 0 Å². The lowest BCUT2D eigenvalue weighted by molar-refractivity contribution is -0.682. The molecule has 1 aromatic carbocycles. The van der Waals surface area contributed by atoms with E-state index in [9.17, 15) is 9.59 Å². The SMILES string of the molecule is CC(C)NC(=O)CNC(=O)C[NH2+][C@H](C)c1cccc(Cl)c1. The molecule has 0 aliphatic carbocycles. The number of carbonyl (C=O) groups excluding carboxylic acids is 2. The fourth-order valence-electron chi connectivity index (χ4n) is 1.83. The van der Waals surface area contributed by atoms with Gasteiger partial charge in [-0.1, -0.05) is 23.7 Å². The Morgan fingerprint density at radius 3 is 2.57 bits per heavy atom. The van der Waals surface area contributed by atoms with Gasteiger partial charge in [0, 0.05) is 16.6 Å². The van der Waals surface area contributed by atoms with E-state index >= 15 is 0 Å². The van der Waals surface area contributed by atoms with Crippen molar-refractivity contribution in [3.63, 3.8) is 0 Å². The minimum atomic E-state index is -0.179. The molecule has 0 unspecified atom stereocenters. The first-order valence-corrected chi connectivity index (χ1v) is 7.41. The van der Waals surface area contributed by atoms with Crippen molar-refractivity contribution in [3.8, 4) is 0 Å². The molecular formula is C15H23ClN3O2+. The summed E-state index contributed by atoms with van der Waals surface area (Å²) in [6.45, 7) is 6.03. The molecule has 116 valence electrons. The zero-order valence-electron chi connectivity index (χ0n) is 12.7. The van der Waals surface area contributed by atoms with E-state index in [0.29, 0.717) is 5.02 Å². The van der Waals surface area contributed by atoms with E-state index in [4.69, 9.17) is 11.6 Å². The smallest absolute Gasteiger partial charge is 0.275 e.